The number of benzene rings is 1. The summed E-state index contributed by atoms with van der Waals surface area (Å²) >= 11 is 0. The van der Waals surface area contributed by atoms with Crippen molar-refractivity contribution in [2.45, 2.75) is 26.3 Å². The average molecular weight is 336 g/mol. The molecule has 1 atom stereocenters. The summed E-state index contributed by atoms with van der Waals surface area (Å²) in [5, 5.41) is 1.14. The molecule has 0 aliphatic carbocycles. The topological polar surface area (TPSA) is 43.1 Å². The van der Waals surface area contributed by atoms with E-state index in [-0.39, 0.29) is 5.91 Å². The molecule has 0 spiro atoms. The number of carbonyl (C=O) groups is 1. The molecular weight excluding hydrogens is 312 g/mol. The summed E-state index contributed by atoms with van der Waals surface area (Å²) in [6.45, 7) is 4.69. The van der Waals surface area contributed by atoms with Gasteiger partial charge in [0.1, 0.15) is 5.69 Å². The summed E-state index contributed by atoms with van der Waals surface area (Å²) in [5.41, 5.74) is 3.14. The van der Waals surface area contributed by atoms with Crippen molar-refractivity contribution in [2.75, 3.05) is 13.1 Å². The molecule has 130 valence electrons. The minimum absolute atomic E-state index is 0.147. The fourth-order valence-corrected chi connectivity index (χ4v) is 4.08. The molecule has 0 N–H and O–H groups in total. The van der Waals surface area contributed by atoms with Crippen LogP contribution in [-0.4, -0.2) is 38.0 Å². The molecule has 1 fully saturated rings. The number of para-hydroxylation sites is 1. The number of fused-ring (bicyclic) bond motifs is 1. The first-order valence-electron chi connectivity index (χ1n) is 8.93. The number of piperidine rings is 1. The summed E-state index contributed by atoms with van der Waals surface area (Å²) < 4.78 is 4.16. The Balaban J connectivity index is 1.56. The Hall–Kier alpha value is -2.56. The molecule has 1 aromatic carbocycles. The quantitative estimate of drug-likeness (QED) is 0.737. The van der Waals surface area contributed by atoms with E-state index in [0.717, 1.165) is 49.1 Å². The summed E-state index contributed by atoms with van der Waals surface area (Å²) in [4.78, 5) is 19.3. The lowest BCUT2D eigenvalue weighted by Gasteiger charge is -2.33. The molecule has 1 aliphatic heterocycles. The molecule has 0 radical (unpaired) electrons. The second-order valence-electron chi connectivity index (χ2n) is 7.12. The fourth-order valence-electron chi connectivity index (χ4n) is 4.08. The minimum Gasteiger partial charge on any atom is -0.339 e. The maximum Gasteiger partial charge on any atom is 0.270 e. The van der Waals surface area contributed by atoms with Gasteiger partial charge in [-0.25, -0.2) is 4.98 Å². The van der Waals surface area contributed by atoms with Crippen LogP contribution in [0.5, 0.6) is 0 Å². The highest BCUT2D eigenvalue weighted by molar-refractivity contribution is 5.99. The summed E-state index contributed by atoms with van der Waals surface area (Å²) in [6.07, 6.45) is 7.88. The molecule has 3 aromatic rings. The van der Waals surface area contributed by atoms with Gasteiger partial charge < -0.3 is 14.0 Å². The molecular formula is C20H24N4O. The van der Waals surface area contributed by atoms with E-state index in [1.54, 1.807) is 0 Å². The van der Waals surface area contributed by atoms with Gasteiger partial charge in [0, 0.05) is 44.5 Å². The summed E-state index contributed by atoms with van der Waals surface area (Å²) in [5.74, 6) is 0.636. The smallest absolute Gasteiger partial charge is 0.270 e. The molecule has 25 heavy (non-hydrogen) atoms. The van der Waals surface area contributed by atoms with Crippen LogP contribution in [0.3, 0.4) is 0 Å². The molecule has 0 unspecified atom stereocenters. The number of aromatic nitrogens is 3. The van der Waals surface area contributed by atoms with Gasteiger partial charge in [0.2, 0.25) is 0 Å². The third-order valence-electron chi connectivity index (χ3n) is 5.31. The van der Waals surface area contributed by atoms with Crippen LogP contribution in [0.25, 0.3) is 10.9 Å². The minimum atomic E-state index is 0.147. The number of carbonyl (C=O) groups excluding carboxylic acids is 1. The van der Waals surface area contributed by atoms with Crippen molar-refractivity contribution in [3.8, 4) is 0 Å². The Labute approximate surface area is 147 Å². The van der Waals surface area contributed by atoms with Gasteiger partial charge in [0.05, 0.1) is 11.8 Å². The van der Waals surface area contributed by atoms with Crippen LogP contribution in [0.2, 0.25) is 0 Å². The number of aryl methyl sites for hydroxylation is 2. The van der Waals surface area contributed by atoms with Gasteiger partial charge in [0.15, 0.2) is 0 Å². The van der Waals surface area contributed by atoms with E-state index >= 15 is 0 Å². The molecule has 1 amide bonds. The van der Waals surface area contributed by atoms with Crippen molar-refractivity contribution in [1.82, 2.24) is 19.0 Å². The Kier molecular flexibility index (Phi) is 4.07. The molecule has 0 bridgehead atoms. The zero-order valence-corrected chi connectivity index (χ0v) is 14.9. The van der Waals surface area contributed by atoms with E-state index in [1.165, 1.54) is 5.56 Å². The maximum absolute atomic E-state index is 13.1. The molecule has 1 saturated heterocycles. The number of rotatable bonds is 3. The lowest BCUT2D eigenvalue weighted by atomic mass is 9.97. The van der Waals surface area contributed by atoms with Crippen molar-refractivity contribution in [2.24, 2.45) is 13.0 Å². The standard InChI is InChI=1S/C20H24N4O/c1-15-5-3-7-17-11-18(22(2)19(15)17)20(25)24-9-4-6-16(13-24)12-23-10-8-21-14-23/h3,5,7-8,10-11,14,16H,4,6,9,12-13H2,1-2H3/t16-/m1/s1. The molecule has 1 aliphatic rings. The zero-order chi connectivity index (χ0) is 17.4. The summed E-state index contributed by atoms with van der Waals surface area (Å²) in [7, 11) is 2.00. The maximum atomic E-state index is 13.1. The lowest BCUT2D eigenvalue weighted by molar-refractivity contribution is 0.0653. The SMILES string of the molecule is Cc1cccc2cc(C(=O)N3CCC[C@H](Cn4ccnc4)C3)n(C)c12. The average Bonchev–Trinajstić information content (AvgIpc) is 3.23. The van der Waals surface area contributed by atoms with Crippen molar-refractivity contribution < 1.29 is 4.79 Å². The van der Waals surface area contributed by atoms with Crippen molar-refractivity contribution >= 4 is 16.8 Å². The third-order valence-corrected chi connectivity index (χ3v) is 5.31. The van der Waals surface area contributed by atoms with Gasteiger partial charge in [-0.15, -0.1) is 0 Å². The van der Waals surface area contributed by atoms with Crippen LogP contribution < -0.4 is 0 Å². The molecule has 5 nitrogen and oxygen atoms in total. The van der Waals surface area contributed by atoms with E-state index in [2.05, 4.69) is 28.6 Å². The molecule has 0 saturated carbocycles. The van der Waals surface area contributed by atoms with Crippen LogP contribution in [-0.2, 0) is 13.6 Å². The highest BCUT2D eigenvalue weighted by Crippen LogP contribution is 2.25. The second kappa shape index (κ2) is 6.39. The summed E-state index contributed by atoms with van der Waals surface area (Å²) in [6, 6.07) is 8.26. The Bertz CT molecular complexity index is 894. The Morgan fingerprint density at radius 2 is 2.24 bits per heavy atom. The van der Waals surface area contributed by atoms with Gasteiger partial charge >= 0.3 is 0 Å². The van der Waals surface area contributed by atoms with Crippen molar-refractivity contribution in [3.05, 3.63) is 54.2 Å². The number of hydrogen-bond donors (Lipinski definition) is 0. The van der Waals surface area contributed by atoms with Gasteiger partial charge in [0.25, 0.3) is 5.91 Å². The monoisotopic (exact) mass is 336 g/mol. The van der Waals surface area contributed by atoms with Crippen molar-refractivity contribution in [3.63, 3.8) is 0 Å². The van der Waals surface area contributed by atoms with Gasteiger partial charge in [-0.05, 0) is 37.3 Å². The highest BCUT2D eigenvalue weighted by Gasteiger charge is 2.26. The van der Waals surface area contributed by atoms with Gasteiger partial charge in [-0.1, -0.05) is 18.2 Å². The molecule has 2 aromatic heterocycles. The highest BCUT2D eigenvalue weighted by atomic mass is 16.2. The second-order valence-corrected chi connectivity index (χ2v) is 7.12. The van der Waals surface area contributed by atoms with Gasteiger partial charge in [-0.3, -0.25) is 4.79 Å². The van der Waals surface area contributed by atoms with E-state index in [1.807, 2.05) is 47.4 Å². The largest absolute Gasteiger partial charge is 0.339 e. The number of hydrogen-bond acceptors (Lipinski definition) is 2. The first-order valence-corrected chi connectivity index (χ1v) is 8.93. The molecule has 4 rings (SSSR count). The third kappa shape index (κ3) is 2.95. The van der Waals surface area contributed by atoms with Crippen LogP contribution >= 0.6 is 0 Å². The fraction of sp³-hybridized carbons (Fsp3) is 0.400. The number of imidazole rings is 1. The van der Waals surface area contributed by atoms with Crippen LogP contribution in [0.15, 0.2) is 43.0 Å². The number of likely N-dealkylation sites (tertiary alicyclic amines) is 1. The number of amides is 1. The molecule has 5 heteroatoms. The number of nitrogens with zero attached hydrogens (tertiary/aromatic N) is 4. The first-order chi connectivity index (χ1) is 12.1. The van der Waals surface area contributed by atoms with E-state index in [4.69, 9.17) is 0 Å². The van der Waals surface area contributed by atoms with E-state index in [0.29, 0.717) is 5.92 Å². The van der Waals surface area contributed by atoms with E-state index in [9.17, 15) is 4.79 Å². The lowest BCUT2D eigenvalue weighted by Crippen LogP contribution is -2.41. The van der Waals surface area contributed by atoms with Crippen LogP contribution in [0, 0.1) is 12.8 Å². The zero-order valence-electron chi connectivity index (χ0n) is 14.9. The normalized spacial score (nSPS) is 18.0. The Morgan fingerprint density at radius 1 is 1.36 bits per heavy atom. The first kappa shape index (κ1) is 15.9. The van der Waals surface area contributed by atoms with E-state index < -0.39 is 0 Å². The predicted octanol–water partition coefficient (Wildman–Crippen LogP) is 3.24. The Morgan fingerprint density at radius 3 is 3.00 bits per heavy atom. The van der Waals surface area contributed by atoms with Gasteiger partial charge in [-0.2, -0.15) is 0 Å². The molecule has 3 heterocycles. The van der Waals surface area contributed by atoms with Crippen molar-refractivity contribution in [1.29, 1.82) is 0 Å². The van der Waals surface area contributed by atoms with Crippen LogP contribution in [0.1, 0.15) is 28.9 Å². The van der Waals surface area contributed by atoms with Crippen LogP contribution in [0.4, 0.5) is 0 Å². The predicted molar refractivity (Wildman–Crippen MR) is 98.5 cm³/mol.